The second-order valence-electron chi connectivity index (χ2n) is 5.87. The highest BCUT2D eigenvalue weighted by Crippen LogP contribution is 2.60. The van der Waals surface area contributed by atoms with Crippen LogP contribution >= 0.6 is 0 Å². The lowest BCUT2D eigenvalue weighted by Gasteiger charge is -2.59. The largest absolute Gasteiger partial charge is 0.381 e. The van der Waals surface area contributed by atoms with Crippen LogP contribution in [0.3, 0.4) is 0 Å². The molecule has 2 nitrogen and oxygen atoms in total. The van der Waals surface area contributed by atoms with Gasteiger partial charge in [0.25, 0.3) is 0 Å². The summed E-state index contributed by atoms with van der Waals surface area (Å²) in [6, 6.07) is 0. The predicted octanol–water partition coefficient (Wildman–Crippen LogP) is 1.79. The van der Waals surface area contributed by atoms with E-state index in [1.165, 1.54) is 32.1 Å². The van der Waals surface area contributed by atoms with Crippen LogP contribution in [0.15, 0.2) is 0 Å². The van der Waals surface area contributed by atoms with Crippen molar-refractivity contribution in [1.29, 1.82) is 0 Å². The zero-order valence-electron chi connectivity index (χ0n) is 9.04. The van der Waals surface area contributed by atoms with Crippen molar-refractivity contribution in [3.8, 4) is 0 Å². The Morgan fingerprint density at radius 3 is 2.36 bits per heavy atom. The van der Waals surface area contributed by atoms with E-state index in [4.69, 9.17) is 10.5 Å². The second kappa shape index (κ2) is 2.96. The number of nitrogens with two attached hydrogens (primary N) is 1. The minimum absolute atomic E-state index is 0.519. The summed E-state index contributed by atoms with van der Waals surface area (Å²) in [7, 11) is 1.89. The number of methoxy groups -OCH3 is 1. The van der Waals surface area contributed by atoms with Gasteiger partial charge in [0.15, 0.2) is 0 Å². The third-order valence-electron chi connectivity index (χ3n) is 5.02. The molecular weight excluding hydrogens is 174 g/mol. The lowest BCUT2D eigenvalue weighted by molar-refractivity contribution is -0.144. The van der Waals surface area contributed by atoms with Crippen LogP contribution in [0.2, 0.25) is 0 Å². The van der Waals surface area contributed by atoms with Crippen molar-refractivity contribution in [2.45, 2.75) is 38.2 Å². The van der Waals surface area contributed by atoms with E-state index in [-0.39, 0.29) is 0 Å². The van der Waals surface area contributed by atoms with E-state index >= 15 is 0 Å². The van der Waals surface area contributed by atoms with Gasteiger partial charge in [-0.1, -0.05) is 0 Å². The molecule has 2 unspecified atom stereocenters. The zero-order valence-corrected chi connectivity index (χ0v) is 9.04. The Labute approximate surface area is 86.2 Å². The second-order valence-corrected chi connectivity index (χ2v) is 5.87. The molecule has 2 heteroatoms. The molecule has 4 rings (SSSR count). The summed E-state index contributed by atoms with van der Waals surface area (Å²) in [5, 5.41) is 0. The van der Waals surface area contributed by atoms with Crippen LogP contribution in [0.4, 0.5) is 0 Å². The topological polar surface area (TPSA) is 35.2 Å². The lowest BCUT2D eigenvalue weighted by atomic mass is 9.48. The van der Waals surface area contributed by atoms with Gasteiger partial charge in [0.2, 0.25) is 0 Å². The molecule has 0 aromatic carbocycles. The smallest absolute Gasteiger partial charge is 0.0628 e. The third kappa shape index (κ3) is 1.10. The first-order valence-electron chi connectivity index (χ1n) is 5.99. The number of hydrogen-bond acceptors (Lipinski definition) is 2. The molecule has 4 fully saturated rings. The van der Waals surface area contributed by atoms with Gasteiger partial charge in [0, 0.05) is 7.11 Å². The van der Waals surface area contributed by atoms with Crippen molar-refractivity contribution in [2.75, 3.05) is 13.7 Å². The average molecular weight is 195 g/mol. The first kappa shape index (κ1) is 9.17. The van der Waals surface area contributed by atoms with Crippen LogP contribution in [-0.4, -0.2) is 19.8 Å². The number of ether oxygens (including phenoxy) is 1. The van der Waals surface area contributed by atoms with Gasteiger partial charge in [0.1, 0.15) is 0 Å². The Hall–Kier alpha value is -0.0800. The van der Waals surface area contributed by atoms with Crippen molar-refractivity contribution in [1.82, 2.24) is 0 Å². The molecule has 2 N–H and O–H groups in total. The molecule has 2 atom stereocenters. The van der Waals surface area contributed by atoms with Gasteiger partial charge < -0.3 is 10.5 Å². The van der Waals surface area contributed by atoms with E-state index in [0.717, 1.165) is 24.3 Å². The molecule has 4 saturated carbocycles. The van der Waals surface area contributed by atoms with E-state index in [1.807, 2.05) is 7.11 Å². The monoisotopic (exact) mass is 195 g/mol. The van der Waals surface area contributed by atoms with Gasteiger partial charge in [-0.15, -0.1) is 0 Å². The maximum absolute atomic E-state index is 5.97. The van der Waals surface area contributed by atoms with E-state index in [2.05, 4.69) is 0 Å². The van der Waals surface area contributed by atoms with Gasteiger partial charge in [-0.2, -0.15) is 0 Å². The highest BCUT2D eigenvalue weighted by atomic mass is 16.5. The maximum atomic E-state index is 5.97. The van der Waals surface area contributed by atoms with Gasteiger partial charge in [-0.25, -0.2) is 0 Å². The molecule has 0 saturated heterocycles. The van der Waals surface area contributed by atoms with Crippen LogP contribution in [0.25, 0.3) is 0 Å². The predicted molar refractivity (Wildman–Crippen MR) is 55.8 cm³/mol. The van der Waals surface area contributed by atoms with Crippen LogP contribution < -0.4 is 5.73 Å². The first-order chi connectivity index (χ1) is 6.76. The van der Waals surface area contributed by atoms with Crippen LogP contribution in [-0.2, 0) is 4.74 Å². The first-order valence-corrected chi connectivity index (χ1v) is 5.99. The molecule has 0 heterocycles. The summed E-state index contributed by atoms with van der Waals surface area (Å²) in [6.45, 7) is 0.910. The Balaban J connectivity index is 1.88. The summed E-state index contributed by atoms with van der Waals surface area (Å²) >= 11 is 0. The Morgan fingerprint density at radius 1 is 1.21 bits per heavy atom. The SMILES string of the molecule is COC1C2CC3CC1CC(CN)(C3)C2. The van der Waals surface area contributed by atoms with Crippen molar-refractivity contribution >= 4 is 0 Å². The lowest BCUT2D eigenvalue weighted by Crippen LogP contribution is -2.56. The number of rotatable bonds is 2. The molecule has 80 valence electrons. The minimum Gasteiger partial charge on any atom is -0.381 e. The van der Waals surface area contributed by atoms with Gasteiger partial charge in [-0.3, -0.25) is 0 Å². The quantitative estimate of drug-likeness (QED) is 0.729. The van der Waals surface area contributed by atoms with Crippen LogP contribution in [0.1, 0.15) is 32.1 Å². The van der Waals surface area contributed by atoms with Crippen LogP contribution in [0.5, 0.6) is 0 Å². The van der Waals surface area contributed by atoms with E-state index < -0.39 is 0 Å². The molecule has 4 aliphatic rings. The number of hydrogen-bond donors (Lipinski definition) is 1. The van der Waals surface area contributed by atoms with Crippen LogP contribution in [0, 0.1) is 23.2 Å². The van der Waals surface area contributed by atoms with E-state index in [0.29, 0.717) is 11.5 Å². The molecule has 0 spiro atoms. The van der Waals surface area contributed by atoms with Gasteiger partial charge in [-0.05, 0) is 61.8 Å². The van der Waals surface area contributed by atoms with E-state index in [1.54, 1.807) is 0 Å². The molecule has 0 amide bonds. The highest BCUT2D eigenvalue weighted by molar-refractivity contribution is 5.05. The Morgan fingerprint density at radius 2 is 1.86 bits per heavy atom. The maximum Gasteiger partial charge on any atom is 0.0628 e. The molecule has 4 bridgehead atoms. The molecule has 0 aromatic rings. The fourth-order valence-electron chi connectivity index (χ4n) is 4.78. The Bertz CT molecular complexity index is 224. The van der Waals surface area contributed by atoms with Crippen molar-refractivity contribution in [3.63, 3.8) is 0 Å². The molecule has 0 radical (unpaired) electrons. The van der Waals surface area contributed by atoms with Gasteiger partial charge in [0.05, 0.1) is 6.10 Å². The normalized spacial score (nSPS) is 55.3. The Kier molecular flexibility index (Phi) is 1.94. The summed E-state index contributed by atoms with van der Waals surface area (Å²) in [6.07, 6.45) is 7.48. The third-order valence-corrected chi connectivity index (χ3v) is 5.02. The summed E-state index contributed by atoms with van der Waals surface area (Å²) < 4.78 is 5.68. The standard InChI is InChI=1S/C12H21NO/c1-14-11-9-2-8-3-10(11)6-12(4-8,5-9)7-13/h8-11H,2-7,13H2,1H3. The molecule has 14 heavy (non-hydrogen) atoms. The molecule has 4 aliphatic carbocycles. The average Bonchev–Trinajstić information content (AvgIpc) is 2.17. The molecular formula is C12H21NO. The summed E-state index contributed by atoms with van der Waals surface area (Å²) in [5.41, 5.74) is 6.49. The fraction of sp³-hybridized carbons (Fsp3) is 1.00. The molecule has 0 aromatic heterocycles. The van der Waals surface area contributed by atoms with Crippen molar-refractivity contribution in [2.24, 2.45) is 28.9 Å². The zero-order chi connectivity index (χ0) is 9.76. The van der Waals surface area contributed by atoms with Crippen molar-refractivity contribution in [3.05, 3.63) is 0 Å². The summed E-state index contributed by atoms with van der Waals surface area (Å²) in [4.78, 5) is 0. The minimum atomic E-state index is 0.519. The summed E-state index contributed by atoms with van der Waals surface area (Å²) in [5.74, 6) is 2.63. The van der Waals surface area contributed by atoms with Crippen molar-refractivity contribution < 1.29 is 4.74 Å². The fourth-order valence-corrected chi connectivity index (χ4v) is 4.78. The van der Waals surface area contributed by atoms with Gasteiger partial charge >= 0.3 is 0 Å². The highest BCUT2D eigenvalue weighted by Gasteiger charge is 2.54. The van der Waals surface area contributed by atoms with E-state index in [9.17, 15) is 0 Å². The molecule has 0 aliphatic heterocycles.